The van der Waals surface area contributed by atoms with Crippen molar-refractivity contribution in [3.63, 3.8) is 0 Å². The minimum absolute atomic E-state index is 0.0191. The van der Waals surface area contributed by atoms with Gasteiger partial charge in [-0.25, -0.2) is 4.98 Å². The molecule has 3 aromatic carbocycles. The molecule has 1 saturated carbocycles. The van der Waals surface area contributed by atoms with Crippen molar-refractivity contribution in [3.8, 4) is 22.7 Å². The highest BCUT2D eigenvalue weighted by Gasteiger charge is 2.44. The maximum atomic E-state index is 14.5. The number of hydrogen-bond donors (Lipinski definition) is 0. The molecule has 0 N–H and O–H groups in total. The maximum Gasteiger partial charge on any atom is 0.262 e. The molecular formula is C31H28N2O3S. The summed E-state index contributed by atoms with van der Waals surface area (Å²) in [6.07, 6.45) is 5.10. The highest BCUT2D eigenvalue weighted by atomic mass is 32.2. The molecule has 1 heterocycles. The Hall–Kier alpha value is -3.64. The van der Waals surface area contributed by atoms with Gasteiger partial charge in [0.05, 0.1) is 29.8 Å². The van der Waals surface area contributed by atoms with Crippen LogP contribution in [-0.2, 0) is 17.6 Å². The lowest BCUT2D eigenvalue weighted by Gasteiger charge is -2.36. The van der Waals surface area contributed by atoms with Gasteiger partial charge in [0.2, 0.25) is 5.12 Å². The molecule has 0 amide bonds. The molecule has 5 nitrogen and oxygen atoms in total. The van der Waals surface area contributed by atoms with Gasteiger partial charge in [0.15, 0.2) is 0 Å². The minimum atomic E-state index is -0.187. The van der Waals surface area contributed by atoms with Crippen molar-refractivity contribution in [1.29, 1.82) is 0 Å². The topological polar surface area (TPSA) is 61.2 Å². The van der Waals surface area contributed by atoms with E-state index in [0.717, 1.165) is 60.4 Å². The van der Waals surface area contributed by atoms with E-state index in [2.05, 4.69) is 18.2 Å². The molecule has 1 spiro atoms. The predicted octanol–water partition coefficient (Wildman–Crippen LogP) is 6.35. The Kier molecular flexibility index (Phi) is 6.21. The van der Waals surface area contributed by atoms with Gasteiger partial charge in [-0.05, 0) is 49.1 Å². The van der Waals surface area contributed by atoms with Gasteiger partial charge in [-0.1, -0.05) is 79.2 Å². The fraction of sp³-hybridized carbons (Fsp3) is 0.258. The van der Waals surface area contributed by atoms with E-state index in [0.29, 0.717) is 11.4 Å². The Bertz CT molecular complexity index is 1520. The number of thioether (sulfide) groups is 1. The normalized spacial score (nSPS) is 15.3. The van der Waals surface area contributed by atoms with Crippen molar-refractivity contribution in [2.24, 2.45) is 0 Å². The Morgan fingerprint density at radius 1 is 0.973 bits per heavy atom. The molecule has 2 aliphatic carbocycles. The standard InChI is InChI=1S/C31H28N2O3S/c1-36-24-15-13-23(14-16-24)33-26(20-37-30(35)21-9-3-2-4-10-21)32-28-25-12-6-5-11-22(25)19-31(17-7-8-18-31)27(28)29(33)34/h2-6,9-16H,7-8,17-20H2,1H3. The molecule has 0 atom stereocenters. The maximum absolute atomic E-state index is 14.5. The Labute approximate surface area is 220 Å². The van der Waals surface area contributed by atoms with Crippen LogP contribution in [0.1, 0.15) is 53.0 Å². The summed E-state index contributed by atoms with van der Waals surface area (Å²) < 4.78 is 7.07. The van der Waals surface area contributed by atoms with Gasteiger partial charge in [0.25, 0.3) is 5.56 Å². The van der Waals surface area contributed by atoms with E-state index in [1.165, 1.54) is 17.3 Å². The number of fused-ring (bicyclic) bond motifs is 4. The van der Waals surface area contributed by atoms with Crippen LogP contribution in [-0.4, -0.2) is 21.8 Å². The van der Waals surface area contributed by atoms with Gasteiger partial charge in [-0.15, -0.1) is 0 Å². The lowest BCUT2D eigenvalue weighted by atomic mass is 9.68. The zero-order valence-electron chi connectivity index (χ0n) is 20.8. The number of carbonyl (C=O) groups excluding carboxylic acids is 1. The number of benzene rings is 3. The van der Waals surface area contributed by atoms with Crippen LogP contribution in [0.25, 0.3) is 16.9 Å². The summed E-state index contributed by atoms with van der Waals surface area (Å²) >= 11 is 1.18. The van der Waals surface area contributed by atoms with Crippen molar-refractivity contribution in [3.05, 3.63) is 112 Å². The molecule has 0 saturated heterocycles. The van der Waals surface area contributed by atoms with Crippen molar-refractivity contribution < 1.29 is 9.53 Å². The Balaban J connectivity index is 1.53. The molecule has 37 heavy (non-hydrogen) atoms. The fourth-order valence-corrected chi connectivity index (χ4v) is 6.71. The monoisotopic (exact) mass is 508 g/mol. The van der Waals surface area contributed by atoms with E-state index in [4.69, 9.17) is 9.72 Å². The van der Waals surface area contributed by atoms with E-state index in [-0.39, 0.29) is 21.8 Å². The van der Waals surface area contributed by atoms with Gasteiger partial charge in [0.1, 0.15) is 11.6 Å². The second-order valence-electron chi connectivity index (χ2n) is 9.85. The van der Waals surface area contributed by atoms with E-state index < -0.39 is 0 Å². The quantitative estimate of drug-likeness (QED) is 0.314. The minimum Gasteiger partial charge on any atom is -0.497 e. The summed E-state index contributed by atoms with van der Waals surface area (Å²) in [7, 11) is 1.63. The molecule has 186 valence electrons. The molecule has 0 radical (unpaired) electrons. The molecule has 1 fully saturated rings. The zero-order valence-corrected chi connectivity index (χ0v) is 21.6. The molecule has 0 unspecified atom stereocenters. The van der Waals surface area contributed by atoms with Crippen LogP contribution >= 0.6 is 11.8 Å². The number of carbonyl (C=O) groups is 1. The molecule has 1 aromatic heterocycles. The van der Waals surface area contributed by atoms with Crippen molar-refractivity contribution in [2.75, 3.05) is 7.11 Å². The van der Waals surface area contributed by atoms with Crippen LogP contribution in [0, 0.1) is 0 Å². The summed E-state index contributed by atoms with van der Waals surface area (Å²) in [4.78, 5) is 32.6. The average molecular weight is 509 g/mol. The first-order valence-corrected chi connectivity index (χ1v) is 13.7. The van der Waals surface area contributed by atoms with E-state index in [1.54, 1.807) is 11.7 Å². The number of aromatic nitrogens is 2. The number of hydrogen-bond acceptors (Lipinski definition) is 5. The van der Waals surface area contributed by atoms with Crippen LogP contribution in [0.15, 0.2) is 83.7 Å². The third kappa shape index (κ3) is 4.19. The SMILES string of the molecule is COc1ccc(-n2c(CSC(=O)c3ccccc3)nc3c(c2=O)C2(CCCC2)Cc2ccccc2-3)cc1. The zero-order chi connectivity index (χ0) is 25.4. The lowest BCUT2D eigenvalue weighted by Crippen LogP contribution is -2.40. The number of ether oxygens (including phenoxy) is 1. The van der Waals surface area contributed by atoms with E-state index in [9.17, 15) is 9.59 Å². The highest BCUT2D eigenvalue weighted by Crippen LogP contribution is 2.49. The summed E-state index contributed by atoms with van der Waals surface area (Å²) in [5.74, 6) is 1.59. The van der Waals surface area contributed by atoms with Gasteiger partial charge in [-0.3, -0.25) is 14.2 Å². The smallest absolute Gasteiger partial charge is 0.262 e. The molecule has 6 heteroatoms. The summed E-state index contributed by atoms with van der Waals surface area (Å²) in [5.41, 5.74) is 5.08. The second-order valence-corrected chi connectivity index (χ2v) is 10.8. The number of methoxy groups -OCH3 is 1. The molecule has 4 aromatic rings. The molecule has 0 bridgehead atoms. The summed E-state index contributed by atoms with van der Waals surface area (Å²) in [6, 6.07) is 25.0. The van der Waals surface area contributed by atoms with Gasteiger partial charge >= 0.3 is 0 Å². The largest absolute Gasteiger partial charge is 0.497 e. The van der Waals surface area contributed by atoms with Crippen LogP contribution in [0.4, 0.5) is 0 Å². The van der Waals surface area contributed by atoms with E-state index >= 15 is 0 Å². The fourth-order valence-electron chi connectivity index (χ4n) is 5.96. The van der Waals surface area contributed by atoms with Gasteiger partial charge < -0.3 is 4.74 Å². The van der Waals surface area contributed by atoms with Crippen molar-refractivity contribution in [1.82, 2.24) is 9.55 Å². The first-order chi connectivity index (χ1) is 18.1. The van der Waals surface area contributed by atoms with Crippen LogP contribution < -0.4 is 10.3 Å². The molecule has 6 rings (SSSR count). The number of rotatable bonds is 5. The highest BCUT2D eigenvalue weighted by molar-refractivity contribution is 8.13. The summed E-state index contributed by atoms with van der Waals surface area (Å²) in [6.45, 7) is 0. The molecular weight excluding hydrogens is 480 g/mol. The lowest BCUT2D eigenvalue weighted by molar-refractivity contribution is 0.108. The predicted molar refractivity (Wildman–Crippen MR) is 148 cm³/mol. The molecule has 2 aliphatic rings. The third-order valence-corrected chi connectivity index (χ3v) is 8.62. The van der Waals surface area contributed by atoms with Crippen molar-refractivity contribution >= 4 is 16.9 Å². The molecule has 0 aliphatic heterocycles. The Morgan fingerprint density at radius 3 is 2.41 bits per heavy atom. The van der Waals surface area contributed by atoms with Crippen molar-refractivity contribution in [2.45, 2.75) is 43.3 Å². The van der Waals surface area contributed by atoms with Gasteiger partial charge in [-0.2, -0.15) is 0 Å². The first-order valence-electron chi connectivity index (χ1n) is 12.7. The van der Waals surface area contributed by atoms with Crippen LogP contribution in [0.5, 0.6) is 5.75 Å². The average Bonchev–Trinajstić information content (AvgIpc) is 3.40. The summed E-state index contributed by atoms with van der Waals surface area (Å²) in [5, 5.41) is -0.0403. The van der Waals surface area contributed by atoms with Crippen LogP contribution in [0.2, 0.25) is 0 Å². The Morgan fingerprint density at radius 2 is 1.68 bits per heavy atom. The van der Waals surface area contributed by atoms with Crippen LogP contribution in [0.3, 0.4) is 0 Å². The van der Waals surface area contributed by atoms with E-state index in [1.807, 2.05) is 60.7 Å². The van der Waals surface area contributed by atoms with Gasteiger partial charge in [0, 0.05) is 16.5 Å². The third-order valence-electron chi connectivity index (χ3n) is 7.72. The second kappa shape index (κ2) is 9.67. The number of nitrogens with zero attached hydrogens (tertiary/aromatic N) is 2. The first kappa shape index (κ1) is 23.7.